The predicted octanol–water partition coefficient (Wildman–Crippen LogP) is 2.39. The van der Waals surface area contributed by atoms with Crippen LogP contribution in [0.5, 0.6) is 11.5 Å². The van der Waals surface area contributed by atoms with Gasteiger partial charge in [-0.25, -0.2) is 12.8 Å². The summed E-state index contributed by atoms with van der Waals surface area (Å²) in [5.41, 5.74) is 0.286. The number of sulfonamides is 1. The first kappa shape index (κ1) is 18.7. The summed E-state index contributed by atoms with van der Waals surface area (Å²) in [4.78, 5) is 12.7. The molecule has 0 spiro atoms. The third kappa shape index (κ3) is 3.55. The van der Waals surface area contributed by atoms with Crippen molar-refractivity contribution < 1.29 is 27.1 Å². The van der Waals surface area contributed by atoms with E-state index in [0.717, 1.165) is 0 Å². The molecule has 0 bridgehead atoms. The van der Waals surface area contributed by atoms with E-state index in [1.807, 2.05) is 0 Å². The SMILES string of the molecule is O=C(Nc1cccc(F)c1)[C@@H]1CCCN1S(=O)(=O)c1ccc2c(c1)OCCO2. The number of carbonyl (C=O) groups excluding carboxylic acids is 1. The maximum atomic E-state index is 13.3. The predicted molar refractivity (Wildman–Crippen MR) is 99.4 cm³/mol. The molecule has 2 aromatic carbocycles. The van der Waals surface area contributed by atoms with Gasteiger partial charge in [-0.05, 0) is 43.2 Å². The molecule has 1 fully saturated rings. The van der Waals surface area contributed by atoms with Crippen LogP contribution in [0.1, 0.15) is 12.8 Å². The minimum absolute atomic E-state index is 0.0437. The van der Waals surface area contributed by atoms with E-state index in [4.69, 9.17) is 9.47 Å². The van der Waals surface area contributed by atoms with Crippen LogP contribution in [-0.4, -0.2) is 44.4 Å². The summed E-state index contributed by atoms with van der Waals surface area (Å²) in [5.74, 6) is -0.103. The quantitative estimate of drug-likeness (QED) is 0.843. The Balaban J connectivity index is 1.57. The van der Waals surface area contributed by atoms with Gasteiger partial charge in [0.2, 0.25) is 15.9 Å². The normalized spacial score (nSPS) is 19.4. The molecule has 2 heterocycles. The largest absolute Gasteiger partial charge is 0.486 e. The Morgan fingerprint density at radius 3 is 2.68 bits per heavy atom. The third-order valence-electron chi connectivity index (χ3n) is 4.72. The average molecular weight is 406 g/mol. The molecule has 148 valence electrons. The maximum Gasteiger partial charge on any atom is 0.243 e. The fourth-order valence-corrected chi connectivity index (χ4v) is 5.07. The first-order chi connectivity index (χ1) is 13.4. The fourth-order valence-electron chi connectivity index (χ4n) is 3.40. The second-order valence-corrected chi connectivity index (χ2v) is 8.47. The van der Waals surface area contributed by atoms with Crippen molar-refractivity contribution in [1.82, 2.24) is 4.31 Å². The molecule has 1 atom stereocenters. The fraction of sp³-hybridized carbons (Fsp3) is 0.316. The third-order valence-corrected chi connectivity index (χ3v) is 6.62. The number of anilines is 1. The standard InChI is InChI=1S/C19H19FN2O5S/c20-13-3-1-4-14(11-13)21-19(23)16-5-2-8-22(16)28(24,25)15-6-7-17-18(12-15)27-10-9-26-17/h1,3-4,6-7,11-12,16H,2,5,8-10H2,(H,21,23)/t16-/m0/s1. The highest BCUT2D eigenvalue weighted by molar-refractivity contribution is 7.89. The van der Waals surface area contributed by atoms with Gasteiger partial charge in [0.05, 0.1) is 4.90 Å². The Bertz CT molecular complexity index is 1010. The lowest BCUT2D eigenvalue weighted by molar-refractivity contribution is -0.119. The first-order valence-electron chi connectivity index (χ1n) is 8.93. The van der Waals surface area contributed by atoms with Gasteiger partial charge in [0.25, 0.3) is 0 Å². The van der Waals surface area contributed by atoms with Crippen molar-refractivity contribution in [2.75, 3.05) is 25.1 Å². The highest BCUT2D eigenvalue weighted by Crippen LogP contribution is 2.35. The molecular weight excluding hydrogens is 387 g/mol. The topological polar surface area (TPSA) is 84.9 Å². The molecule has 0 aromatic heterocycles. The zero-order valence-electron chi connectivity index (χ0n) is 14.9. The lowest BCUT2D eigenvalue weighted by Crippen LogP contribution is -2.43. The molecule has 1 N–H and O–H groups in total. The van der Waals surface area contributed by atoms with Crippen LogP contribution in [0.3, 0.4) is 0 Å². The summed E-state index contributed by atoms with van der Waals surface area (Å²) >= 11 is 0. The minimum Gasteiger partial charge on any atom is -0.486 e. The van der Waals surface area contributed by atoms with Crippen LogP contribution < -0.4 is 14.8 Å². The molecule has 1 amide bonds. The molecule has 28 heavy (non-hydrogen) atoms. The molecule has 2 aliphatic heterocycles. The van der Waals surface area contributed by atoms with Gasteiger partial charge in [0.15, 0.2) is 11.5 Å². The Morgan fingerprint density at radius 2 is 1.89 bits per heavy atom. The van der Waals surface area contributed by atoms with Gasteiger partial charge >= 0.3 is 0 Å². The molecule has 1 saturated heterocycles. The van der Waals surface area contributed by atoms with E-state index in [-0.39, 0.29) is 17.1 Å². The summed E-state index contributed by atoms with van der Waals surface area (Å²) < 4.78 is 51.7. The zero-order valence-corrected chi connectivity index (χ0v) is 15.7. The van der Waals surface area contributed by atoms with E-state index in [2.05, 4.69) is 5.32 Å². The van der Waals surface area contributed by atoms with Crippen molar-refractivity contribution >= 4 is 21.6 Å². The van der Waals surface area contributed by atoms with Crippen molar-refractivity contribution in [3.05, 3.63) is 48.3 Å². The van der Waals surface area contributed by atoms with Gasteiger partial charge < -0.3 is 14.8 Å². The second kappa shape index (κ2) is 7.40. The second-order valence-electron chi connectivity index (χ2n) is 6.58. The molecule has 0 saturated carbocycles. The zero-order chi connectivity index (χ0) is 19.7. The van der Waals surface area contributed by atoms with Crippen LogP contribution in [0.15, 0.2) is 47.4 Å². The number of hydrogen-bond donors (Lipinski definition) is 1. The average Bonchev–Trinajstić information content (AvgIpc) is 3.18. The Labute approximate surface area is 162 Å². The lowest BCUT2D eigenvalue weighted by atomic mass is 10.2. The number of rotatable bonds is 4. The monoisotopic (exact) mass is 406 g/mol. The number of carbonyl (C=O) groups is 1. The Hall–Kier alpha value is -2.65. The number of ether oxygens (including phenoxy) is 2. The van der Waals surface area contributed by atoms with Crippen LogP contribution >= 0.6 is 0 Å². The van der Waals surface area contributed by atoms with Gasteiger partial charge in [-0.3, -0.25) is 4.79 Å². The van der Waals surface area contributed by atoms with Crippen LogP contribution in [-0.2, 0) is 14.8 Å². The van der Waals surface area contributed by atoms with E-state index in [1.165, 1.54) is 34.6 Å². The molecule has 7 nitrogen and oxygen atoms in total. The summed E-state index contributed by atoms with van der Waals surface area (Å²) in [6.07, 6.45) is 0.954. The van der Waals surface area contributed by atoms with E-state index >= 15 is 0 Å². The van der Waals surface area contributed by atoms with Gasteiger partial charge in [0, 0.05) is 18.3 Å². The van der Waals surface area contributed by atoms with Crippen molar-refractivity contribution in [1.29, 1.82) is 0 Å². The van der Waals surface area contributed by atoms with Crippen LogP contribution in [0.4, 0.5) is 10.1 Å². The number of benzene rings is 2. The Kier molecular flexibility index (Phi) is 4.94. The summed E-state index contributed by atoms with van der Waals surface area (Å²) in [7, 11) is -3.90. The number of amides is 1. The van der Waals surface area contributed by atoms with Gasteiger partial charge in [-0.2, -0.15) is 4.31 Å². The van der Waals surface area contributed by atoms with E-state index in [0.29, 0.717) is 37.6 Å². The molecule has 9 heteroatoms. The van der Waals surface area contributed by atoms with Crippen LogP contribution in [0.2, 0.25) is 0 Å². The lowest BCUT2D eigenvalue weighted by Gasteiger charge is -2.24. The number of fused-ring (bicyclic) bond motifs is 1. The molecule has 2 aliphatic rings. The minimum atomic E-state index is -3.90. The highest BCUT2D eigenvalue weighted by atomic mass is 32.2. The van der Waals surface area contributed by atoms with Crippen LogP contribution in [0, 0.1) is 5.82 Å². The maximum absolute atomic E-state index is 13.3. The van der Waals surface area contributed by atoms with Crippen molar-refractivity contribution in [3.8, 4) is 11.5 Å². The van der Waals surface area contributed by atoms with Crippen molar-refractivity contribution in [2.24, 2.45) is 0 Å². The van der Waals surface area contributed by atoms with Gasteiger partial charge in [-0.15, -0.1) is 0 Å². The van der Waals surface area contributed by atoms with E-state index in [1.54, 1.807) is 12.1 Å². The number of halogens is 1. The number of hydrogen-bond acceptors (Lipinski definition) is 5. The molecule has 4 rings (SSSR count). The highest BCUT2D eigenvalue weighted by Gasteiger charge is 2.39. The van der Waals surface area contributed by atoms with Crippen molar-refractivity contribution in [2.45, 2.75) is 23.8 Å². The molecule has 0 aliphatic carbocycles. The molecular formula is C19H19FN2O5S. The van der Waals surface area contributed by atoms with Crippen LogP contribution in [0.25, 0.3) is 0 Å². The number of nitrogens with one attached hydrogen (secondary N) is 1. The van der Waals surface area contributed by atoms with Crippen molar-refractivity contribution in [3.63, 3.8) is 0 Å². The van der Waals surface area contributed by atoms with E-state index in [9.17, 15) is 17.6 Å². The summed E-state index contributed by atoms with van der Waals surface area (Å²) in [5, 5.41) is 2.60. The number of nitrogens with zero attached hydrogens (tertiary/aromatic N) is 1. The molecule has 0 unspecified atom stereocenters. The van der Waals surface area contributed by atoms with Gasteiger partial charge in [0.1, 0.15) is 25.1 Å². The smallest absolute Gasteiger partial charge is 0.243 e. The molecule has 2 aromatic rings. The molecule has 0 radical (unpaired) electrons. The summed E-state index contributed by atoms with van der Waals surface area (Å²) in [6, 6.07) is 9.04. The van der Waals surface area contributed by atoms with E-state index < -0.39 is 27.8 Å². The summed E-state index contributed by atoms with van der Waals surface area (Å²) in [6.45, 7) is 0.991. The van der Waals surface area contributed by atoms with Gasteiger partial charge in [-0.1, -0.05) is 6.07 Å². The Morgan fingerprint density at radius 1 is 1.11 bits per heavy atom. The first-order valence-corrected chi connectivity index (χ1v) is 10.4.